The molecule has 0 unspecified atom stereocenters. The summed E-state index contributed by atoms with van der Waals surface area (Å²) in [5, 5.41) is 0. The van der Waals surface area contributed by atoms with E-state index in [4.69, 9.17) is 9.47 Å². The number of nitrogens with zero attached hydrogens (tertiary/aromatic N) is 2. The normalized spacial score (nSPS) is 17.3. The van der Waals surface area contributed by atoms with Gasteiger partial charge in [0, 0.05) is 11.9 Å². The second-order valence-electron chi connectivity index (χ2n) is 4.19. The van der Waals surface area contributed by atoms with Crippen molar-refractivity contribution in [3.05, 3.63) is 23.8 Å². The van der Waals surface area contributed by atoms with E-state index in [-0.39, 0.29) is 5.97 Å². The van der Waals surface area contributed by atoms with Crippen LogP contribution < -0.4 is 0 Å². The van der Waals surface area contributed by atoms with Crippen LogP contribution in [0.5, 0.6) is 0 Å². The molecule has 5 nitrogen and oxygen atoms in total. The fraction of sp³-hybridized carbons (Fsp3) is 0.583. The Balaban J connectivity index is 2.31. The van der Waals surface area contributed by atoms with E-state index in [0.29, 0.717) is 19.0 Å². The van der Waals surface area contributed by atoms with Crippen molar-refractivity contribution in [1.29, 1.82) is 0 Å². The highest BCUT2D eigenvalue weighted by atomic mass is 16.5. The number of esters is 1. The smallest absolute Gasteiger partial charge is 0.324 e. The van der Waals surface area contributed by atoms with Gasteiger partial charge in [0.25, 0.3) is 0 Å². The van der Waals surface area contributed by atoms with Crippen LogP contribution in [0.4, 0.5) is 0 Å². The molecule has 1 aliphatic heterocycles. The highest BCUT2D eigenvalue weighted by Crippen LogP contribution is 2.31. The predicted molar refractivity (Wildman–Crippen MR) is 60.5 cm³/mol. The number of ether oxygens (including phenoxy) is 2. The molecule has 0 aliphatic carbocycles. The van der Waals surface area contributed by atoms with Crippen molar-refractivity contribution in [2.75, 3.05) is 20.3 Å². The predicted octanol–water partition coefficient (Wildman–Crippen LogP) is 0.870. The van der Waals surface area contributed by atoms with Crippen molar-refractivity contribution in [1.82, 2.24) is 9.97 Å². The molecule has 1 fully saturated rings. The first-order valence-corrected chi connectivity index (χ1v) is 5.71. The zero-order valence-electron chi connectivity index (χ0n) is 10.1. The molecule has 2 heterocycles. The van der Waals surface area contributed by atoms with Crippen LogP contribution in [-0.4, -0.2) is 36.3 Å². The molecule has 1 saturated heterocycles. The van der Waals surface area contributed by atoms with Gasteiger partial charge in [-0.3, -0.25) is 4.79 Å². The van der Waals surface area contributed by atoms with Gasteiger partial charge in [-0.05, 0) is 12.5 Å². The zero-order chi connectivity index (χ0) is 12.3. The minimum atomic E-state index is -0.793. The number of rotatable bonds is 4. The minimum Gasteiger partial charge on any atom is -0.468 e. The van der Waals surface area contributed by atoms with Gasteiger partial charge in [-0.15, -0.1) is 0 Å². The van der Waals surface area contributed by atoms with Crippen molar-refractivity contribution in [3.8, 4) is 0 Å². The fourth-order valence-corrected chi connectivity index (χ4v) is 1.86. The number of aryl methyl sites for hydroxylation is 1. The molecular formula is C12H16N2O3. The summed E-state index contributed by atoms with van der Waals surface area (Å²) >= 11 is 0. The first-order valence-electron chi connectivity index (χ1n) is 5.71. The summed E-state index contributed by atoms with van der Waals surface area (Å²) in [6.45, 7) is 2.69. The number of hydrogen-bond donors (Lipinski definition) is 0. The maximum atomic E-state index is 11.8. The Morgan fingerprint density at radius 2 is 2.35 bits per heavy atom. The lowest BCUT2D eigenvalue weighted by molar-refractivity contribution is -0.167. The van der Waals surface area contributed by atoms with Crippen LogP contribution >= 0.6 is 0 Å². The SMILES string of the molecule is CCCc1ccnc(C2(C(=O)OC)COC2)n1. The molecule has 0 N–H and O–H groups in total. The van der Waals surface area contributed by atoms with Gasteiger partial charge < -0.3 is 9.47 Å². The number of hydrogen-bond acceptors (Lipinski definition) is 5. The average molecular weight is 236 g/mol. The Morgan fingerprint density at radius 3 is 2.88 bits per heavy atom. The van der Waals surface area contributed by atoms with E-state index in [1.54, 1.807) is 6.20 Å². The van der Waals surface area contributed by atoms with Crippen LogP contribution in [0.3, 0.4) is 0 Å². The maximum absolute atomic E-state index is 11.8. The van der Waals surface area contributed by atoms with Gasteiger partial charge >= 0.3 is 5.97 Å². The Bertz CT molecular complexity index is 416. The van der Waals surface area contributed by atoms with E-state index in [1.165, 1.54) is 7.11 Å². The highest BCUT2D eigenvalue weighted by molar-refractivity contribution is 5.83. The van der Waals surface area contributed by atoms with Crippen LogP contribution in [0.1, 0.15) is 24.9 Å². The lowest BCUT2D eigenvalue weighted by atomic mass is 9.85. The Hall–Kier alpha value is -1.49. The van der Waals surface area contributed by atoms with Gasteiger partial charge in [0.05, 0.1) is 20.3 Å². The van der Waals surface area contributed by atoms with E-state index in [0.717, 1.165) is 18.5 Å². The molecular weight excluding hydrogens is 220 g/mol. The van der Waals surface area contributed by atoms with Crippen LogP contribution in [0, 0.1) is 0 Å². The fourth-order valence-electron chi connectivity index (χ4n) is 1.86. The molecule has 0 amide bonds. The van der Waals surface area contributed by atoms with Gasteiger partial charge in [0.15, 0.2) is 11.2 Å². The summed E-state index contributed by atoms with van der Waals surface area (Å²) < 4.78 is 9.95. The standard InChI is InChI=1S/C12H16N2O3/c1-3-4-9-5-6-13-10(14-9)12(7-17-8-12)11(15)16-2/h5-6H,3-4,7-8H2,1-2H3. The molecule has 0 atom stereocenters. The third-order valence-electron chi connectivity index (χ3n) is 2.92. The third-order valence-corrected chi connectivity index (χ3v) is 2.92. The van der Waals surface area contributed by atoms with E-state index in [1.807, 2.05) is 6.07 Å². The molecule has 1 aromatic heterocycles. The maximum Gasteiger partial charge on any atom is 0.324 e. The number of carbonyl (C=O) groups is 1. The summed E-state index contributed by atoms with van der Waals surface area (Å²) in [5.41, 5.74) is 0.158. The molecule has 5 heteroatoms. The molecule has 0 aromatic carbocycles. The Morgan fingerprint density at radius 1 is 1.59 bits per heavy atom. The van der Waals surface area contributed by atoms with Crippen molar-refractivity contribution >= 4 is 5.97 Å². The monoisotopic (exact) mass is 236 g/mol. The van der Waals surface area contributed by atoms with Crippen molar-refractivity contribution in [2.24, 2.45) is 0 Å². The number of carbonyl (C=O) groups excluding carboxylic acids is 1. The van der Waals surface area contributed by atoms with Crippen molar-refractivity contribution in [2.45, 2.75) is 25.2 Å². The van der Waals surface area contributed by atoms with E-state index in [9.17, 15) is 4.79 Å². The summed E-state index contributed by atoms with van der Waals surface area (Å²) in [6, 6.07) is 1.87. The average Bonchev–Trinajstić information content (AvgIpc) is 2.28. The number of aromatic nitrogens is 2. The molecule has 2 rings (SSSR count). The first-order chi connectivity index (χ1) is 8.23. The lowest BCUT2D eigenvalue weighted by Crippen LogP contribution is -2.54. The summed E-state index contributed by atoms with van der Waals surface area (Å²) in [6.07, 6.45) is 3.59. The summed E-state index contributed by atoms with van der Waals surface area (Å²) in [5.74, 6) is 0.193. The summed E-state index contributed by atoms with van der Waals surface area (Å²) in [4.78, 5) is 20.4. The van der Waals surface area contributed by atoms with Crippen LogP contribution in [0.15, 0.2) is 12.3 Å². The minimum absolute atomic E-state index is 0.301. The highest BCUT2D eigenvalue weighted by Gasteiger charge is 2.51. The molecule has 0 saturated carbocycles. The topological polar surface area (TPSA) is 61.3 Å². The van der Waals surface area contributed by atoms with Gasteiger partial charge in [0.1, 0.15) is 0 Å². The molecule has 0 bridgehead atoms. The Kier molecular flexibility index (Phi) is 3.38. The molecule has 92 valence electrons. The summed E-state index contributed by atoms with van der Waals surface area (Å²) in [7, 11) is 1.37. The van der Waals surface area contributed by atoms with E-state index in [2.05, 4.69) is 16.9 Å². The van der Waals surface area contributed by atoms with Gasteiger partial charge in [-0.1, -0.05) is 13.3 Å². The van der Waals surface area contributed by atoms with Crippen LogP contribution in [0.25, 0.3) is 0 Å². The number of methoxy groups -OCH3 is 1. The first kappa shape index (κ1) is 12.0. The molecule has 0 spiro atoms. The van der Waals surface area contributed by atoms with Gasteiger partial charge in [-0.25, -0.2) is 9.97 Å². The largest absolute Gasteiger partial charge is 0.468 e. The third kappa shape index (κ3) is 2.02. The molecule has 1 aliphatic rings. The second kappa shape index (κ2) is 4.79. The van der Waals surface area contributed by atoms with Gasteiger partial charge in [0.2, 0.25) is 0 Å². The molecule has 17 heavy (non-hydrogen) atoms. The van der Waals surface area contributed by atoms with Gasteiger partial charge in [-0.2, -0.15) is 0 Å². The second-order valence-corrected chi connectivity index (χ2v) is 4.19. The van der Waals surface area contributed by atoms with E-state index < -0.39 is 5.41 Å². The van der Waals surface area contributed by atoms with Crippen LogP contribution in [-0.2, 0) is 26.1 Å². The van der Waals surface area contributed by atoms with Crippen molar-refractivity contribution < 1.29 is 14.3 Å². The van der Waals surface area contributed by atoms with E-state index >= 15 is 0 Å². The molecule has 0 radical (unpaired) electrons. The quantitative estimate of drug-likeness (QED) is 0.726. The lowest BCUT2D eigenvalue weighted by Gasteiger charge is -2.36. The zero-order valence-corrected chi connectivity index (χ0v) is 10.1. The molecule has 1 aromatic rings. The van der Waals surface area contributed by atoms with Crippen LogP contribution in [0.2, 0.25) is 0 Å². The Labute approximate surface area is 100 Å². The van der Waals surface area contributed by atoms with Crippen molar-refractivity contribution in [3.63, 3.8) is 0 Å².